The van der Waals surface area contributed by atoms with Crippen LogP contribution >= 0.6 is 11.3 Å². The van der Waals surface area contributed by atoms with Gasteiger partial charge in [0.25, 0.3) is 11.6 Å². The Morgan fingerprint density at radius 2 is 2.24 bits per heavy atom. The van der Waals surface area contributed by atoms with E-state index in [1.54, 1.807) is 19.2 Å². The summed E-state index contributed by atoms with van der Waals surface area (Å²) >= 11 is 1.32. The van der Waals surface area contributed by atoms with Crippen LogP contribution in [0.2, 0.25) is 0 Å². The molecule has 0 saturated heterocycles. The molecule has 0 aliphatic carbocycles. The number of nitrogens with two attached hydrogens (primary N) is 1. The molecule has 1 amide bonds. The summed E-state index contributed by atoms with van der Waals surface area (Å²) in [7, 11) is 0. The number of hydrogen-bond acceptors (Lipinski definition) is 6. The van der Waals surface area contributed by atoms with Gasteiger partial charge in [0.05, 0.1) is 11.0 Å². The predicted octanol–water partition coefficient (Wildman–Crippen LogP) is 2.63. The van der Waals surface area contributed by atoms with Crippen LogP contribution in [0.5, 0.6) is 0 Å². The first-order valence-corrected chi connectivity index (χ1v) is 7.04. The Morgan fingerprint density at radius 3 is 2.76 bits per heavy atom. The van der Waals surface area contributed by atoms with Crippen LogP contribution in [0.4, 0.5) is 11.4 Å². The van der Waals surface area contributed by atoms with E-state index in [-0.39, 0.29) is 23.3 Å². The summed E-state index contributed by atoms with van der Waals surface area (Å²) in [5, 5.41) is 15.7. The maximum Gasteiger partial charge on any atom is 0.275 e. The van der Waals surface area contributed by atoms with Gasteiger partial charge in [0, 0.05) is 23.2 Å². The first-order valence-electron chi connectivity index (χ1n) is 6.16. The van der Waals surface area contributed by atoms with Crippen molar-refractivity contribution in [1.29, 1.82) is 0 Å². The average molecular weight is 306 g/mol. The fourth-order valence-electron chi connectivity index (χ4n) is 1.69. The number of non-ortho nitro benzene ring substituents is 1. The molecule has 2 aromatic rings. The van der Waals surface area contributed by atoms with Crippen LogP contribution in [0.1, 0.15) is 34.0 Å². The van der Waals surface area contributed by atoms with Gasteiger partial charge in [-0.3, -0.25) is 14.9 Å². The lowest BCUT2D eigenvalue weighted by Crippen LogP contribution is -2.14. The quantitative estimate of drug-likeness (QED) is 0.666. The average Bonchev–Trinajstić information content (AvgIpc) is 2.90. The Labute approximate surface area is 125 Å². The number of nitro benzene ring substituents is 1. The van der Waals surface area contributed by atoms with Crippen LogP contribution < -0.4 is 11.1 Å². The van der Waals surface area contributed by atoms with Gasteiger partial charge < -0.3 is 11.1 Å². The van der Waals surface area contributed by atoms with Gasteiger partial charge in [-0.05, 0) is 25.5 Å². The number of nitrogens with zero attached hydrogens (tertiary/aromatic N) is 2. The third-order valence-corrected chi connectivity index (χ3v) is 3.86. The zero-order valence-corrected chi connectivity index (χ0v) is 12.3. The Bertz CT molecular complexity index is 696. The molecule has 3 N–H and O–H groups in total. The van der Waals surface area contributed by atoms with Crippen molar-refractivity contribution in [2.24, 2.45) is 5.73 Å². The summed E-state index contributed by atoms with van der Waals surface area (Å²) in [4.78, 5) is 26.4. The minimum Gasteiger partial charge on any atom is -0.322 e. The zero-order chi connectivity index (χ0) is 15.6. The van der Waals surface area contributed by atoms with Gasteiger partial charge in [-0.1, -0.05) is 0 Å². The summed E-state index contributed by atoms with van der Waals surface area (Å²) < 4.78 is 0. The van der Waals surface area contributed by atoms with E-state index in [2.05, 4.69) is 10.3 Å². The van der Waals surface area contributed by atoms with E-state index in [1.807, 2.05) is 0 Å². The molecule has 8 heteroatoms. The Morgan fingerprint density at radius 1 is 1.52 bits per heavy atom. The molecule has 0 bridgehead atoms. The largest absolute Gasteiger partial charge is 0.322 e. The summed E-state index contributed by atoms with van der Waals surface area (Å²) in [5.74, 6) is -0.366. The number of rotatable bonds is 4. The molecule has 0 aliphatic rings. The van der Waals surface area contributed by atoms with E-state index in [1.165, 1.54) is 29.5 Å². The first-order chi connectivity index (χ1) is 9.88. The molecule has 1 unspecified atom stereocenters. The summed E-state index contributed by atoms with van der Waals surface area (Å²) in [6, 6.07) is 4.03. The molecule has 0 aliphatic heterocycles. The molecule has 1 aromatic carbocycles. The number of amides is 1. The summed E-state index contributed by atoms with van der Waals surface area (Å²) in [6.07, 6.45) is 0. The molecule has 2 rings (SSSR count). The molecule has 1 atom stereocenters. The maximum atomic E-state index is 12.1. The van der Waals surface area contributed by atoms with Gasteiger partial charge in [0.1, 0.15) is 10.7 Å². The van der Waals surface area contributed by atoms with Gasteiger partial charge in [0.15, 0.2) is 0 Å². The van der Waals surface area contributed by atoms with E-state index in [4.69, 9.17) is 5.73 Å². The number of carbonyl (C=O) groups excluding carboxylic acids is 1. The van der Waals surface area contributed by atoms with Gasteiger partial charge in [-0.2, -0.15) is 0 Å². The van der Waals surface area contributed by atoms with Gasteiger partial charge in [0.2, 0.25) is 0 Å². The van der Waals surface area contributed by atoms with Crippen molar-refractivity contribution in [3.05, 3.63) is 50.0 Å². The lowest BCUT2D eigenvalue weighted by molar-refractivity contribution is -0.384. The number of anilines is 1. The Hall–Kier alpha value is -2.32. The highest BCUT2D eigenvalue weighted by Crippen LogP contribution is 2.22. The van der Waals surface area contributed by atoms with Gasteiger partial charge >= 0.3 is 0 Å². The van der Waals surface area contributed by atoms with Crippen molar-refractivity contribution >= 4 is 28.6 Å². The summed E-state index contributed by atoms with van der Waals surface area (Å²) in [5.41, 5.74) is 7.09. The molecule has 110 valence electrons. The van der Waals surface area contributed by atoms with Crippen molar-refractivity contribution in [2.75, 3.05) is 5.32 Å². The molecule has 21 heavy (non-hydrogen) atoms. The standard InChI is InChI=1S/C13H14N4O3S/c1-7-5-9(17(19)20)3-4-10(7)15-12(18)11-6-21-13(16-11)8(2)14/h3-6,8H,14H2,1-2H3,(H,15,18). The molecule has 1 heterocycles. The van der Waals surface area contributed by atoms with Crippen LogP contribution in [-0.2, 0) is 0 Å². The minimum absolute atomic E-state index is 0.0154. The topological polar surface area (TPSA) is 111 Å². The minimum atomic E-state index is -0.478. The number of thiazole rings is 1. The van der Waals surface area contributed by atoms with Crippen LogP contribution in [0, 0.1) is 17.0 Å². The number of benzene rings is 1. The third-order valence-electron chi connectivity index (χ3n) is 2.81. The Balaban J connectivity index is 2.17. The van der Waals surface area contributed by atoms with E-state index < -0.39 is 4.92 Å². The van der Waals surface area contributed by atoms with E-state index >= 15 is 0 Å². The lowest BCUT2D eigenvalue weighted by Gasteiger charge is -2.06. The van der Waals surface area contributed by atoms with Crippen molar-refractivity contribution in [3.8, 4) is 0 Å². The van der Waals surface area contributed by atoms with Crippen LogP contribution in [0.25, 0.3) is 0 Å². The number of carbonyl (C=O) groups is 1. The second kappa shape index (κ2) is 5.98. The number of nitrogens with one attached hydrogen (secondary N) is 1. The molecule has 0 radical (unpaired) electrons. The monoisotopic (exact) mass is 306 g/mol. The van der Waals surface area contributed by atoms with Crippen molar-refractivity contribution in [2.45, 2.75) is 19.9 Å². The first kappa shape index (κ1) is 15.1. The highest BCUT2D eigenvalue weighted by atomic mass is 32.1. The van der Waals surface area contributed by atoms with Crippen LogP contribution in [-0.4, -0.2) is 15.8 Å². The van der Waals surface area contributed by atoms with E-state index in [0.29, 0.717) is 16.3 Å². The molecule has 0 fully saturated rings. The smallest absolute Gasteiger partial charge is 0.275 e. The SMILES string of the molecule is Cc1cc([N+](=O)[O-])ccc1NC(=O)c1csc(C(C)N)n1. The van der Waals surface area contributed by atoms with Crippen LogP contribution in [0.15, 0.2) is 23.6 Å². The van der Waals surface area contributed by atoms with Crippen molar-refractivity contribution < 1.29 is 9.72 Å². The van der Waals surface area contributed by atoms with Gasteiger partial charge in [-0.15, -0.1) is 11.3 Å². The molecule has 0 spiro atoms. The Kier molecular flexibility index (Phi) is 4.29. The molecular weight excluding hydrogens is 292 g/mol. The van der Waals surface area contributed by atoms with Gasteiger partial charge in [-0.25, -0.2) is 4.98 Å². The highest BCUT2D eigenvalue weighted by Gasteiger charge is 2.15. The predicted molar refractivity (Wildman–Crippen MR) is 80.5 cm³/mol. The highest BCUT2D eigenvalue weighted by molar-refractivity contribution is 7.09. The fraction of sp³-hybridized carbons (Fsp3) is 0.231. The van der Waals surface area contributed by atoms with Crippen LogP contribution in [0.3, 0.4) is 0 Å². The number of aromatic nitrogens is 1. The molecular formula is C13H14N4O3S. The number of nitro groups is 1. The maximum absolute atomic E-state index is 12.1. The summed E-state index contributed by atoms with van der Waals surface area (Å²) in [6.45, 7) is 3.48. The molecule has 7 nitrogen and oxygen atoms in total. The van der Waals surface area contributed by atoms with Crippen molar-refractivity contribution in [3.63, 3.8) is 0 Å². The second-order valence-electron chi connectivity index (χ2n) is 4.57. The molecule has 1 aromatic heterocycles. The third kappa shape index (κ3) is 3.41. The molecule has 0 saturated carbocycles. The van der Waals surface area contributed by atoms with Crippen molar-refractivity contribution in [1.82, 2.24) is 4.98 Å². The second-order valence-corrected chi connectivity index (χ2v) is 5.46. The number of hydrogen-bond donors (Lipinski definition) is 2. The van der Waals surface area contributed by atoms with E-state index in [0.717, 1.165) is 0 Å². The zero-order valence-electron chi connectivity index (χ0n) is 11.5. The lowest BCUT2D eigenvalue weighted by atomic mass is 10.2. The van der Waals surface area contributed by atoms with E-state index in [9.17, 15) is 14.9 Å². The fourth-order valence-corrected chi connectivity index (χ4v) is 2.45. The number of aryl methyl sites for hydroxylation is 1. The normalized spacial score (nSPS) is 12.0.